The number of nitrogens with one attached hydrogen (secondary N) is 3. The van der Waals surface area contributed by atoms with Crippen molar-refractivity contribution in [1.82, 2.24) is 10.6 Å². The third-order valence-corrected chi connectivity index (χ3v) is 8.54. The Balaban J connectivity index is 0.000000271. The fraction of sp³-hybridized carbons (Fsp3) is 0.333. The standard InChI is InChI=1S/C22H25FN2O2.C19H19FN2O2.C3H7I.CH4/c1-15(2)25-12-13-27-21-10-8-18(14-20(21)25)16(3)24-22(26)11-9-17-6-4-5-7-19(17)23;1-13(15-6-8-18-17(12-15)21-10-11-24-18)22-19(23)9-7-14-4-2-3-5-16(14)20;1-3(2)4;/h4-11,14-16H,12-13H2,1-3H3,(H,24,26);2-9,12-13,21H,10-11H2,1H3,(H,22,23);3H,1-2H3;1H4/b11-9+;9-7+;;. The minimum atomic E-state index is -0.352. The number of nitrogens with zero attached hydrogens (tertiary/aromatic N) is 1. The number of carbonyl (C=O) groups excluding carboxylic acids is 2. The zero-order chi connectivity index (χ0) is 39.9. The molecule has 300 valence electrons. The normalized spacial score (nSPS) is 13.9. The van der Waals surface area contributed by atoms with Gasteiger partial charge in [-0.25, -0.2) is 8.78 Å². The summed E-state index contributed by atoms with van der Waals surface area (Å²) in [5.74, 6) is 0.459. The van der Waals surface area contributed by atoms with Gasteiger partial charge in [0.05, 0.1) is 30.0 Å². The Bertz CT molecular complexity index is 1950. The van der Waals surface area contributed by atoms with Crippen molar-refractivity contribution in [2.24, 2.45) is 0 Å². The molecule has 4 aromatic rings. The summed E-state index contributed by atoms with van der Waals surface area (Å²) in [6.45, 7) is 15.4. The first kappa shape index (κ1) is 45.5. The van der Waals surface area contributed by atoms with E-state index >= 15 is 0 Å². The van der Waals surface area contributed by atoms with Gasteiger partial charge in [-0.2, -0.15) is 0 Å². The molecule has 0 fully saturated rings. The van der Waals surface area contributed by atoms with Gasteiger partial charge in [0.2, 0.25) is 11.8 Å². The quantitative estimate of drug-likeness (QED) is 0.0881. The summed E-state index contributed by atoms with van der Waals surface area (Å²) in [7, 11) is 0. The monoisotopic (exact) mass is 880 g/mol. The first-order valence-electron chi connectivity index (χ1n) is 18.5. The Morgan fingerprint density at radius 2 is 1.21 bits per heavy atom. The number of alkyl halides is 1. The van der Waals surface area contributed by atoms with Crippen LogP contribution < -0.4 is 30.3 Å². The van der Waals surface area contributed by atoms with E-state index in [1.165, 1.54) is 36.4 Å². The molecule has 2 heterocycles. The molecule has 2 aliphatic heterocycles. The van der Waals surface area contributed by atoms with E-state index in [-0.39, 0.29) is 43.0 Å². The van der Waals surface area contributed by atoms with Gasteiger partial charge in [0.15, 0.2) is 0 Å². The van der Waals surface area contributed by atoms with Gasteiger partial charge < -0.3 is 30.3 Å². The van der Waals surface area contributed by atoms with Crippen molar-refractivity contribution in [2.45, 2.75) is 71.0 Å². The maximum absolute atomic E-state index is 13.6. The second kappa shape index (κ2) is 22.6. The summed E-state index contributed by atoms with van der Waals surface area (Å²) in [4.78, 5) is 26.6. The largest absolute Gasteiger partial charge is 0.490 e. The van der Waals surface area contributed by atoms with Gasteiger partial charge in [0.25, 0.3) is 0 Å². The van der Waals surface area contributed by atoms with Crippen LogP contribution in [0.3, 0.4) is 0 Å². The Labute approximate surface area is 344 Å². The summed E-state index contributed by atoms with van der Waals surface area (Å²) in [5.41, 5.74) is 4.73. The molecule has 0 aromatic heterocycles. The maximum Gasteiger partial charge on any atom is 0.244 e. The van der Waals surface area contributed by atoms with E-state index in [2.05, 4.69) is 77.2 Å². The predicted octanol–water partition coefficient (Wildman–Crippen LogP) is 10.3. The van der Waals surface area contributed by atoms with Gasteiger partial charge >= 0.3 is 0 Å². The molecule has 3 N–H and O–H groups in total. The number of amides is 2. The van der Waals surface area contributed by atoms with Crippen molar-refractivity contribution in [2.75, 3.05) is 36.5 Å². The van der Waals surface area contributed by atoms with Crippen LogP contribution in [0, 0.1) is 11.6 Å². The molecule has 8 nitrogen and oxygen atoms in total. The van der Waals surface area contributed by atoms with E-state index in [1.807, 2.05) is 44.2 Å². The highest BCUT2D eigenvalue weighted by Gasteiger charge is 2.22. The van der Waals surface area contributed by atoms with Gasteiger partial charge in [-0.15, -0.1) is 0 Å². The molecule has 0 bridgehead atoms. The number of carbonyl (C=O) groups is 2. The fourth-order valence-electron chi connectivity index (χ4n) is 5.73. The SMILES string of the molecule is C.CC(C)I.CC(NC(=O)/C=C/c1ccccc1F)c1ccc2c(c1)N(C(C)C)CCO2.CC(NC(=O)/C=C/c1ccccc1F)c1ccc2c(c1)NCCO2. The molecule has 2 aliphatic rings. The van der Waals surface area contributed by atoms with Gasteiger partial charge in [-0.1, -0.05) is 92.4 Å². The zero-order valence-corrected chi connectivity index (χ0v) is 34.4. The van der Waals surface area contributed by atoms with Crippen LogP contribution in [-0.4, -0.2) is 48.1 Å². The molecule has 0 aliphatic carbocycles. The second-order valence-electron chi connectivity index (χ2n) is 13.6. The van der Waals surface area contributed by atoms with Crippen LogP contribution >= 0.6 is 22.6 Å². The molecule has 2 atom stereocenters. The lowest BCUT2D eigenvalue weighted by atomic mass is 10.0. The summed E-state index contributed by atoms with van der Waals surface area (Å²) in [6, 6.07) is 24.5. The Morgan fingerprint density at radius 1 is 0.732 bits per heavy atom. The lowest BCUT2D eigenvalue weighted by Crippen LogP contribution is -2.38. The third kappa shape index (κ3) is 14.0. The van der Waals surface area contributed by atoms with E-state index in [0.717, 1.165) is 51.0 Å². The number of rotatable bonds is 9. The molecule has 11 heteroatoms. The third-order valence-electron chi connectivity index (χ3n) is 8.54. The highest BCUT2D eigenvalue weighted by molar-refractivity contribution is 14.1. The molecule has 6 rings (SSSR count). The van der Waals surface area contributed by atoms with Gasteiger partial charge in [-0.3, -0.25) is 9.59 Å². The molecule has 4 aromatic carbocycles. The average molecular weight is 881 g/mol. The molecule has 0 saturated heterocycles. The lowest BCUT2D eigenvalue weighted by molar-refractivity contribution is -0.117. The second-order valence-corrected chi connectivity index (χ2v) is 16.1. The molecule has 2 unspecified atom stereocenters. The lowest BCUT2D eigenvalue weighted by Gasteiger charge is -2.35. The van der Waals surface area contributed by atoms with Crippen LogP contribution in [0.1, 0.15) is 83.3 Å². The minimum absolute atomic E-state index is 0. The van der Waals surface area contributed by atoms with Crippen molar-refractivity contribution in [1.29, 1.82) is 0 Å². The summed E-state index contributed by atoms with van der Waals surface area (Å²) < 4.78 is 39.2. The van der Waals surface area contributed by atoms with Gasteiger partial charge in [0, 0.05) is 39.8 Å². The van der Waals surface area contributed by atoms with E-state index in [4.69, 9.17) is 9.47 Å². The molecule has 2 amide bonds. The molecule has 56 heavy (non-hydrogen) atoms. The Hall–Kier alpha value is -4.91. The Kier molecular flexibility index (Phi) is 18.4. The molecule has 0 radical (unpaired) electrons. The first-order chi connectivity index (χ1) is 26.3. The van der Waals surface area contributed by atoms with Crippen molar-refractivity contribution >= 4 is 57.9 Å². The van der Waals surface area contributed by atoms with Crippen LogP contribution in [0.4, 0.5) is 20.2 Å². The van der Waals surface area contributed by atoms with Gasteiger partial charge in [0.1, 0.15) is 36.3 Å². The van der Waals surface area contributed by atoms with Gasteiger partial charge in [-0.05, 0) is 87.4 Å². The van der Waals surface area contributed by atoms with Crippen LogP contribution in [0.25, 0.3) is 12.2 Å². The number of benzene rings is 4. The predicted molar refractivity (Wildman–Crippen MR) is 235 cm³/mol. The van der Waals surface area contributed by atoms with Crippen molar-refractivity contribution in [3.8, 4) is 11.5 Å². The summed E-state index contributed by atoms with van der Waals surface area (Å²) >= 11 is 2.34. The van der Waals surface area contributed by atoms with E-state index in [1.54, 1.807) is 36.4 Å². The van der Waals surface area contributed by atoms with Crippen LogP contribution in [0.15, 0.2) is 97.1 Å². The van der Waals surface area contributed by atoms with Crippen LogP contribution in [0.5, 0.6) is 11.5 Å². The summed E-state index contributed by atoms with van der Waals surface area (Å²) in [5, 5.41) is 9.08. The molecular weight excluding hydrogens is 825 g/mol. The van der Waals surface area contributed by atoms with Crippen molar-refractivity contribution < 1.29 is 27.8 Å². The minimum Gasteiger partial charge on any atom is -0.490 e. The highest BCUT2D eigenvalue weighted by Crippen LogP contribution is 2.35. The molecular formula is C45H55F2IN4O4. The van der Waals surface area contributed by atoms with E-state index in [0.29, 0.717) is 30.4 Å². The maximum atomic E-state index is 13.6. The highest BCUT2D eigenvalue weighted by atomic mass is 127. The number of halogens is 3. The first-order valence-corrected chi connectivity index (χ1v) is 19.7. The van der Waals surface area contributed by atoms with Crippen LogP contribution in [0.2, 0.25) is 0 Å². The molecule has 0 spiro atoms. The topological polar surface area (TPSA) is 91.9 Å². The Morgan fingerprint density at radius 3 is 1.73 bits per heavy atom. The summed E-state index contributed by atoms with van der Waals surface area (Å²) in [6.07, 6.45) is 5.66. The smallest absolute Gasteiger partial charge is 0.244 e. The van der Waals surface area contributed by atoms with Crippen LogP contribution in [-0.2, 0) is 9.59 Å². The van der Waals surface area contributed by atoms with E-state index in [9.17, 15) is 18.4 Å². The molecule has 0 saturated carbocycles. The van der Waals surface area contributed by atoms with E-state index < -0.39 is 0 Å². The van der Waals surface area contributed by atoms with Crippen molar-refractivity contribution in [3.63, 3.8) is 0 Å². The van der Waals surface area contributed by atoms with Crippen molar-refractivity contribution in [3.05, 3.63) is 131 Å². The number of hydrogen-bond donors (Lipinski definition) is 3. The number of fused-ring (bicyclic) bond motifs is 2. The number of hydrogen-bond acceptors (Lipinski definition) is 6. The zero-order valence-electron chi connectivity index (χ0n) is 32.2. The number of ether oxygens (including phenoxy) is 2. The number of anilines is 2. The fourth-order valence-corrected chi connectivity index (χ4v) is 5.73. The average Bonchev–Trinajstić information content (AvgIpc) is 3.16.